The Labute approximate surface area is 176 Å². The molecule has 1 atom stereocenters. The molecule has 0 unspecified atom stereocenters. The van der Waals surface area contributed by atoms with Crippen LogP contribution in [-0.4, -0.2) is 75.5 Å². The van der Waals surface area contributed by atoms with Crippen molar-refractivity contribution in [2.45, 2.75) is 37.1 Å². The summed E-state index contributed by atoms with van der Waals surface area (Å²) in [6.07, 6.45) is 2.63. The highest BCUT2D eigenvalue weighted by molar-refractivity contribution is 7.89. The van der Waals surface area contributed by atoms with Gasteiger partial charge in [-0.3, -0.25) is 9.59 Å². The van der Waals surface area contributed by atoms with Gasteiger partial charge in [0.2, 0.25) is 21.8 Å². The van der Waals surface area contributed by atoms with E-state index in [-0.39, 0.29) is 22.6 Å². The first-order valence-electron chi connectivity index (χ1n) is 10.3. The molecule has 164 valence electrons. The maximum absolute atomic E-state index is 12.8. The Kier molecular flexibility index (Phi) is 5.88. The van der Waals surface area contributed by atoms with Crippen molar-refractivity contribution >= 4 is 21.8 Å². The number of carbonyl (C=O) groups excluding carboxylic acids is 2. The normalized spacial score (nSPS) is 20.4. The molecule has 2 fully saturated rings. The molecule has 1 aromatic carbocycles. The molecule has 0 bridgehead atoms. The maximum Gasteiger partial charge on any atom is 0.241 e. The summed E-state index contributed by atoms with van der Waals surface area (Å²) in [5, 5.41) is 0. The van der Waals surface area contributed by atoms with Crippen LogP contribution < -0.4 is 14.2 Å². The van der Waals surface area contributed by atoms with Crippen LogP contribution in [-0.2, 0) is 19.6 Å². The minimum absolute atomic E-state index is 0.0197. The minimum Gasteiger partial charge on any atom is -0.490 e. The van der Waals surface area contributed by atoms with Crippen molar-refractivity contribution in [3.63, 3.8) is 0 Å². The van der Waals surface area contributed by atoms with Gasteiger partial charge in [0.1, 0.15) is 0 Å². The van der Waals surface area contributed by atoms with Crippen LogP contribution in [0.1, 0.15) is 26.2 Å². The summed E-state index contributed by atoms with van der Waals surface area (Å²) in [6.45, 7) is 4.30. The van der Waals surface area contributed by atoms with Crippen LogP contribution >= 0.6 is 0 Å². The Balaban J connectivity index is 1.36. The van der Waals surface area contributed by atoms with Crippen molar-refractivity contribution in [2.75, 3.05) is 39.4 Å². The van der Waals surface area contributed by atoms with Gasteiger partial charge in [0.15, 0.2) is 11.5 Å². The predicted molar refractivity (Wildman–Crippen MR) is 108 cm³/mol. The van der Waals surface area contributed by atoms with E-state index in [9.17, 15) is 18.0 Å². The molecule has 30 heavy (non-hydrogen) atoms. The molecule has 0 radical (unpaired) electrons. The first kappa shape index (κ1) is 20.9. The molecule has 1 saturated heterocycles. The number of sulfonamides is 1. The number of hydrogen-bond donors (Lipinski definition) is 1. The quantitative estimate of drug-likeness (QED) is 0.723. The smallest absolute Gasteiger partial charge is 0.241 e. The van der Waals surface area contributed by atoms with E-state index in [2.05, 4.69) is 4.72 Å². The van der Waals surface area contributed by atoms with E-state index < -0.39 is 16.1 Å². The van der Waals surface area contributed by atoms with E-state index in [1.807, 2.05) is 0 Å². The van der Waals surface area contributed by atoms with Crippen LogP contribution in [0.2, 0.25) is 0 Å². The molecule has 2 heterocycles. The van der Waals surface area contributed by atoms with E-state index >= 15 is 0 Å². The number of hydrogen-bond acceptors (Lipinski definition) is 6. The first-order valence-corrected chi connectivity index (χ1v) is 11.8. The van der Waals surface area contributed by atoms with E-state index in [4.69, 9.17) is 9.47 Å². The van der Waals surface area contributed by atoms with Gasteiger partial charge >= 0.3 is 0 Å². The van der Waals surface area contributed by atoms with Gasteiger partial charge in [0, 0.05) is 44.6 Å². The number of benzene rings is 1. The molecule has 3 aliphatic rings. The average molecular weight is 438 g/mol. The molecule has 2 amide bonds. The van der Waals surface area contributed by atoms with Crippen molar-refractivity contribution < 1.29 is 27.5 Å². The highest BCUT2D eigenvalue weighted by Crippen LogP contribution is 2.32. The van der Waals surface area contributed by atoms with E-state index in [0.29, 0.717) is 50.9 Å². The summed E-state index contributed by atoms with van der Waals surface area (Å²) < 4.78 is 39.1. The SMILES string of the molecule is C[C@@H](NS(=O)(=O)c1ccc2c(c1)OCCCO2)C(=O)N1CCN(C(=O)C2CC2)CC1. The van der Waals surface area contributed by atoms with Crippen molar-refractivity contribution in [3.05, 3.63) is 18.2 Å². The van der Waals surface area contributed by atoms with E-state index in [1.54, 1.807) is 15.9 Å². The zero-order valence-corrected chi connectivity index (χ0v) is 17.8. The Morgan fingerprint density at radius 2 is 1.67 bits per heavy atom. The molecule has 0 aromatic heterocycles. The highest BCUT2D eigenvalue weighted by atomic mass is 32.2. The Morgan fingerprint density at radius 3 is 2.33 bits per heavy atom. The molecule has 1 saturated carbocycles. The lowest BCUT2D eigenvalue weighted by molar-refractivity contribution is -0.140. The molecule has 2 aliphatic heterocycles. The van der Waals surface area contributed by atoms with Crippen LogP contribution in [0.5, 0.6) is 11.5 Å². The number of fused-ring (bicyclic) bond motifs is 1. The monoisotopic (exact) mass is 437 g/mol. The van der Waals surface area contributed by atoms with Gasteiger partial charge in [-0.05, 0) is 31.9 Å². The second kappa shape index (κ2) is 8.43. The third-order valence-electron chi connectivity index (χ3n) is 5.56. The number of amides is 2. The number of piperazine rings is 1. The van der Waals surface area contributed by atoms with Gasteiger partial charge in [-0.25, -0.2) is 8.42 Å². The van der Waals surface area contributed by atoms with Gasteiger partial charge in [0.25, 0.3) is 0 Å². The average Bonchev–Trinajstić information content (AvgIpc) is 3.59. The molecule has 9 nitrogen and oxygen atoms in total. The lowest BCUT2D eigenvalue weighted by atomic mass is 10.2. The summed E-state index contributed by atoms with van der Waals surface area (Å²) in [7, 11) is -3.91. The van der Waals surface area contributed by atoms with Crippen molar-refractivity contribution in [3.8, 4) is 11.5 Å². The van der Waals surface area contributed by atoms with Gasteiger partial charge < -0.3 is 19.3 Å². The van der Waals surface area contributed by atoms with Crippen molar-refractivity contribution in [1.82, 2.24) is 14.5 Å². The van der Waals surface area contributed by atoms with Gasteiger partial charge in [-0.2, -0.15) is 4.72 Å². The topological polar surface area (TPSA) is 105 Å². The Morgan fingerprint density at radius 1 is 1.03 bits per heavy atom. The zero-order chi connectivity index (χ0) is 21.3. The maximum atomic E-state index is 12.8. The fourth-order valence-electron chi connectivity index (χ4n) is 3.67. The summed E-state index contributed by atoms with van der Waals surface area (Å²) in [5.74, 6) is 0.921. The molecular weight excluding hydrogens is 410 g/mol. The lowest BCUT2D eigenvalue weighted by Crippen LogP contribution is -2.55. The fourth-order valence-corrected chi connectivity index (χ4v) is 4.88. The Hall–Kier alpha value is -2.33. The number of ether oxygens (including phenoxy) is 2. The first-order chi connectivity index (χ1) is 14.3. The zero-order valence-electron chi connectivity index (χ0n) is 17.0. The third-order valence-corrected chi connectivity index (χ3v) is 7.10. The second-order valence-corrected chi connectivity index (χ2v) is 9.64. The van der Waals surface area contributed by atoms with Gasteiger partial charge in [0.05, 0.1) is 24.2 Å². The number of carbonyl (C=O) groups is 2. The second-order valence-electron chi connectivity index (χ2n) is 7.93. The fraction of sp³-hybridized carbons (Fsp3) is 0.600. The molecule has 1 N–H and O–H groups in total. The molecule has 1 aromatic rings. The van der Waals surface area contributed by atoms with Crippen LogP contribution in [0, 0.1) is 5.92 Å². The Bertz CT molecular complexity index is 922. The van der Waals surface area contributed by atoms with E-state index in [1.165, 1.54) is 19.1 Å². The summed E-state index contributed by atoms with van der Waals surface area (Å²) in [5.41, 5.74) is 0. The summed E-state index contributed by atoms with van der Waals surface area (Å²) in [4.78, 5) is 28.3. The minimum atomic E-state index is -3.91. The molecule has 4 rings (SSSR count). The standard InChI is InChI=1S/C20H27N3O6S/c1-14(19(24)22-7-9-23(10-8-22)20(25)15-3-4-15)21-30(26,27)16-5-6-17-18(13-16)29-12-2-11-28-17/h5-6,13-15,21H,2-4,7-12H2,1H3/t14-/m1/s1. The predicted octanol–water partition coefficient (Wildman–Crippen LogP) is 0.595. The lowest BCUT2D eigenvalue weighted by Gasteiger charge is -2.36. The summed E-state index contributed by atoms with van der Waals surface area (Å²) >= 11 is 0. The van der Waals surface area contributed by atoms with Gasteiger partial charge in [-0.1, -0.05) is 0 Å². The van der Waals surface area contributed by atoms with Gasteiger partial charge in [-0.15, -0.1) is 0 Å². The van der Waals surface area contributed by atoms with Crippen LogP contribution in [0.3, 0.4) is 0 Å². The van der Waals surface area contributed by atoms with Crippen LogP contribution in [0.25, 0.3) is 0 Å². The molecule has 1 aliphatic carbocycles. The van der Waals surface area contributed by atoms with Crippen LogP contribution in [0.15, 0.2) is 23.1 Å². The third kappa shape index (κ3) is 4.54. The van der Waals surface area contributed by atoms with E-state index in [0.717, 1.165) is 19.3 Å². The molecular formula is C20H27N3O6S. The largest absolute Gasteiger partial charge is 0.490 e. The van der Waals surface area contributed by atoms with Crippen molar-refractivity contribution in [2.24, 2.45) is 5.92 Å². The highest BCUT2D eigenvalue weighted by Gasteiger charge is 2.36. The van der Waals surface area contributed by atoms with Crippen molar-refractivity contribution in [1.29, 1.82) is 0 Å². The number of nitrogens with zero attached hydrogens (tertiary/aromatic N) is 2. The molecule has 0 spiro atoms. The molecule has 10 heteroatoms. The van der Waals surface area contributed by atoms with Crippen LogP contribution in [0.4, 0.5) is 0 Å². The summed E-state index contributed by atoms with van der Waals surface area (Å²) in [6, 6.07) is 3.51. The number of nitrogens with one attached hydrogen (secondary N) is 1. The number of rotatable bonds is 5.